The van der Waals surface area contributed by atoms with Crippen molar-refractivity contribution in [2.24, 2.45) is 0 Å². The van der Waals surface area contributed by atoms with Gasteiger partial charge in [-0.2, -0.15) is 0 Å². The molecule has 2 rings (SSSR count). The van der Waals surface area contributed by atoms with Gasteiger partial charge in [-0.15, -0.1) is 0 Å². The van der Waals surface area contributed by atoms with Crippen molar-refractivity contribution < 1.29 is 4.74 Å². The molecule has 0 bridgehead atoms. The van der Waals surface area contributed by atoms with E-state index < -0.39 is 0 Å². The van der Waals surface area contributed by atoms with Gasteiger partial charge in [-0.1, -0.05) is 49.4 Å². The quantitative estimate of drug-likeness (QED) is 0.601. The molecule has 106 valence electrons. The lowest BCUT2D eigenvalue weighted by Crippen LogP contribution is -2.20. The summed E-state index contributed by atoms with van der Waals surface area (Å²) in [6, 6.07) is 11.8. The molecule has 0 aliphatic heterocycles. The van der Waals surface area contributed by atoms with Crippen molar-refractivity contribution in [1.29, 1.82) is 0 Å². The van der Waals surface area contributed by atoms with Crippen molar-refractivity contribution in [3.05, 3.63) is 53.6 Å². The number of hydrogen-bond acceptors (Lipinski definition) is 2. The van der Waals surface area contributed by atoms with Gasteiger partial charge in [0.15, 0.2) is 0 Å². The summed E-state index contributed by atoms with van der Waals surface area (Å²) in [6.07, 6.45) is 1.12. The summed E-state index contributed by atoms with van der Waals surface area (Å²) in [7, 11) is 0. The van der Waals surface area contributed by atoms with Gasteiger partial charge in [0.2, 0.25) is 0 Å². The first kappa shape index (κ1) is 14.9. The first-order valence-corrected chi connectivity index (χ1v) is 7.27. The summed E-state index contributed by atoms with van der Waals surface area (Å²) < 4.78 is 5.87. The molecule has 0 aromatic heterocycles. The first-order chi connectivity index (χ1) is 9.72. The highest BCUT2D eigenvalue weighted by molar-refractivity contribution is 6.35. The Hall–Kier alpha value is -1.51. The molecule has 0 fully saturated rings. The molecular formula is C17H20ClNO. The van der Waals surface area contributed by atoms with Crippen LogP contribution in [0, 0.1) is 0 Å². The van der Waals surface area contributed by atoms with E-state index in [0.717, 1.165) is 46.6 Å². The topological polar surface area (TPSA) is 21.3 Å². The molecule has 0 saturated heterocycles. The van der Waals surface area contributed by atoms with Crippen LogP contribution in [0.5, 0.6) is 5.75 Å². The highest BCUT2D eigenvalue weighted by atomic mass is 35.5. The highest BCUT2D eigenvalue weighted by Gasteiger charge is 2.05. The number of benzene rings is 2. The Morgan fingerprint density at radius 3 is 2.70 bits per heavy atom. The summed E-state index contributed by atoms with van der Waals surface area (Å²) in [6.45, 7) is 8.48. The summed E-state index contributed by atoms with van der Waals surface area (Å²) >= 11 is 6.19. The lowest BCUT2D eigenvalue weighted by Gasteiger charge is -2.12. The van der Waals surface area contributed by atoms with Crippen LogP contribution in [0.25, 0.3) is 10.8 Å². The van der Waals surface area contributed by atoms with Crippen LogP contribution in [0.2, 0.25) is 5.02 Å². The van der Waals surface area contributed by atoms with E-state index in [0.29, 0.717) is 6.61 Å². The maximum absolute atomic E-state index is 6.19. The van der Waals surface area contributed by atoms with Crippen LogP contribution in [0.15, 0.2) is 48.6 Å². The van der Waals surface area contributed by atoms with Crippen LogP contribution >= 0.6 is 11.6 Å². The zero-order valence-electron chi connectivity index (χ0n) is 11.8. The van der Waals surface area contributed by atoms with Crippen molar-refractivity contribution >= 4 is 22.4 Å². The average Bonchev–Trinajstić information content (AvgIpc) is 2.47. The minimum atomic E-state index is 0.516. The molecule has 2 aromatic rings. The fourth-order valence-corrected chi connectivity index (χ4v) is 2.26. The molecule has 0 heterocycles. The Labute approximate surface area is 125 Å². The van der Waals surface area contributed by atoms with E-state index in [1.165, 1.54) is 0 Å². The van der Waals surface area contributed by atoms with E-state index in [1.54, 1.807) is 0 Å². The number of fused-ring (bicyclic) bond motifs is 1. The third kappa shape index (κ3) is 3.75. The lowest BCUT2D eigenvalue weighted by atomic mass is 10.1. The second-order valence-electron chi connectivity index (χ2n) is 4.81. The van der Waals surface area contributed by atoms with Gasteiger partial charge in [0.25, 0.3) is 0 Å². The molecule has 3 heteroatoms. The summed E-state index contributed by atoms with van der Waals surface area (Å²) in [5, 5.41) is 6.11. The summed E-state index contributed by atoms with van der Waals surface area (Å²) in [5.74, 6) is 0.849. The fraction of sp³-hybridized carbons (Fsp3) is 0.294. The molecular weight excluding hydrogens is 270 g/mol. The molecule has 0 amide bonds. The molecule has 0 atom stereocenters. The van der Waals surface area contributed by atoms with Crippen LogP contribution in [0.1, 0.15) is 13.3 Å². The summed E-state index contributed by atoms with van der Waals surface area (Å²) in [4.78, 5) is 0. The Morgan fingerprint density at radius 2 is 1.95 bits per heavy atom. The summed E-state index contributed by atoms with van der Waals surface area (Å²) in [5.41, 5.74) is 1.04. The van der Waals surface area contributed by atoms with E-state index in [1.807, 2.05) is 36.4 Å². The number of ether oxygens (including phenoxy) is 1. The average molecular weight is 290 g/mol. The Bertz CT molecular complexity index is 595. The van der Waals surface area contributed by atoms with Crippen molar-refractivity contribution in [2.45, 2.75) is 13.3 Å². The maximum atomic E-state index is 6.19. The monoisotopic (exact) mass is 289 g/mol. The zero-order chi connectivity index (χ0) is 14.4. The van der Waals surface area contributed by atoms with E-state index in [4.69, 9.17) is 16.3 Å². The fourth-order valence-electron chi connectivity index (χ4n) is 2.03. The van der Waals surface area contributed by atoms with Gasteiger partial charge >= 0.3 is 0 Å². The van der Waals surface area contributed by atoms with E-state index >= 15 is 0 Å². The second-order valence-corrected chi connectivity index (χ2v) is 5.21. The van der Waals surface area contributed by atoms with Crippen LogP contribution < -0.4 is 10.1 Å². The van der Waals surface area contributed by atoms with Gasteiger partial charge in [0.05, 0.1) is 0 Å². The second kappa shape index (κ2) is 7.32. The molecule has 2 nitrogen and oxygen atoms in total. The van der Waals surface area contributed by atoms with Gasteiger partial charge < -0.3 is 10.1 Å². The predicted octanol–water partition coefficient (Wildman–Crippen LogP) is 4.43. The number of rotatable bonds is 7. The van der Waals surface area contributed by atoms with Crippen LogP contribution in [-0.4, -0.2) is 19.7 Å². The Morgan fingerprint density at radius 1 is 1.20 bits per heavy atom. The lowest BCUT2D eigenvalue weighted by molar-refractivity contribution is 0.352. The SMILES string of the molecule is C=C(CNCCC)COc1ccc(Cl)c2ccccc12. The largest absolute Gasteiger partial charge is 0.489 e. The third-order valence-electron chi connectivity index (χ3n) is 3.06. The normalized spacial score (nSPS) is 10.7. The van der Waals surface area contributed by atoms with Crippen LogP contribution in [0.4, 0.5) is 0 Å². The first-order valence-electron chi connectivity index (χ1n) is 6.89. The third-order valence-corrected chi connectivity index (χ3v) is 3.39. The minimum absolute atomic E-state index is 0.516. The molecule has 0 unspecified atom stereocenters. The molecule has 2 aromatic carbocycles. The van der Waals surface area contributed by atoms with E-state index in [-0.39, 0.29) is 0 Å². The highest BCUT2D eigenvalue weighted by Crippen LogP contribution is 2.31. The van der Waals surface area contributed by atoms with Gasteiger partial charge in [-0.25, -0.2) is 0 Å². The van der Waals surface area contributed by atoms with E-state index in [9.17, 15) is 0 Å². The van der Waals surface area contributed by atoms with E-state index in [2.05, 4.69) is 18.8 Å². The molecule has 0 radical (unpaired) electrons. The predicted molar refractivity (Wildman–Crippen MR) is 86.8 cm³/mol. The van der Waals surface area contributed by atoms with Crippen molar-refractivity contribution in [3.8, 4) is 5.75 Å². The molecule has 0 aliphatic rings. The zero-order valence-corrected chi connectivity index (χ0v) is 12.5. The van der Waals surface area contributed by atoms with Crippen molar-refractivity contribution in [2.75, 3.05) is 19.7 Å². The standard InChI is InChI=1S/C17H20ClNO/c1-3-10-19-11-13(2)12-20-17-9-8-16(18)14-6-4-5-7-15(14)17/h4-9,19H,2-3,10-12H2,1H3. The van der Waals surface area contributed by atoms with Gasteiger partial charge in [-0.3, -0.25) is 0 Å². The van der Waals surface area contributed by atoms with Crippen molar-refractivity contribution in [1.82, 2.24) is 5.32 Å². The minimum Gasteiger partial charge on any atom is -0.489 e. The Kier molecular flexibility index (Phi) is 5.45. The molecule has 0 saturated carbocycles. The van der Waals surface area contributed by atoms with Crippen LogP contribution in [0.3, 0.4) is 0 Å². The van der Waals surface area contributed by atoms with Gasteiger partial charge in [0, 0.05) is 22.3 Å². The number of halogens is 1. The van der Waals surface area contributed by atoms with Crippen LogP contribution in [-0.2, 0) is 0 Å². The molecule has 0 aliphatic carbocycles. The molecule has 20 heavy (non-hydrogen) atoms. The maximum Gasteiger partial charge on any atom is 0.127 e. The molecule has 1 N–H and O–H groups in total. The van der Waals surface area contributed by atoms with Gasteiger partial charge in [0.1, 0.15) is 12.4 Å². The number of nitrogens with one attached hydrogen (secondary N) is 1. The Balaban J connectivity index is 2.03. The molecule has 0 spiro atoms. The van der Waals surface area contributed by atoms with Gasteiger partial charge in [-0.05, 0) is 30.7 Å². The number of hydrogen-bond donors (Lipinski definition) is 1. The smallest absolute Gasteiger partial charge is 0.127 e. The van der Waals surface area contributed by atoms with Crippen molar-refractivity contribution in [3.63, 3.8) is 0 Å².